The minimum absolute atomic E-state index is 0.371. The van der Waals surface area contributed by atoms with Crippen LogP contribution in [0.1, 0.15) is 46.1 Å². The van der Waals surface area contributed by atoms with Gasteiger partial charge in [0.1, 0.15) is 12.4 Å². The summed E-state index contributed by atoms with van der Waals surface area (Å²) in [6.45, 7) is 13.5. The van der Waals surface area contributed by atoms with Gasteiger partial charge in [-0.1, -0.05) is 26.0 Å². The van der Waals surface area contributed by atoms with Crippen LogP contribution in [0.5, 0.6) is 5.75 Å². The molecule has 1 aromatic carbocycles. The van der Waals surface area contributed by atoms with Crippen LogP contribution in [0.4, 0.5) is 0 Å². The molecule has 29 heavy (non-hydrogen) atoms. The van der Waals surface area contributed by atoms with Crippen molar-refractivity contribution < 1.29 is 9.47 Å². The maximum absolute atomic E-state index is 6.01. The van der Waals surface area contributed by atoms with Gasteiger partial charge < -0.3 is 20.1 Å². The number of nitrogens with one attached hydrogen (secondary N) is 2. The van der Waals surface area contributed by atoms with Crippen molar-refractivity contribution in [3.63, 3.8) is 0 Å². The first kappa shape index (κ1) is 23.5. The van der Waals surface area contributed by atoms with E-state index in [0.717, 1.165) is 56.4 Å². The molecule has 0 spiro atoms. The number of benzene rings is 1. The lowest BCUT2D eigenvalue weighted by atomic mass is 10.1. The predicted molar refractivity (Wildman–Crippen MR) is 121 cm³/mol. The summed E-state index contributed by atoms with van der Waals surface area (Å²) in [5, 5.41) is 6.80. The summed E-state index contributed by atoms with van der Waals surface area (Å²) in [5.41, 5.74) is 1.15. The molecular weight excluding hydrogens is 364 g/mol. The Hall–Kier alpha value is -1.79. The van der Waals surface area contributed by atoms with Crippen molar-refractivity contribution in [1.29, 1.82) is 0 Å². The highest BCUT2D eigenvalue weighted by molar-refractivity contribution is 5.80. The van der Waals surface area contributed by atoms with Gasteiger partial charge in [0.2, 0.25) is 0 Å². The summed E-state index contributed by atoms with van der Waals surface area (Å²) < 4.78 is 11.5. The Balaban J connectivity index is 1.84. The molecule has 164 valence electrons. The van der Waals surface area contributed by atoms with Gasteiger partial charge in [0, 0.05) is 38.4 Å². The van der Waals surface area contributed by atoms with E-state index in [1.165, 1.54) is 0 Å². The molecule has 2 N–H and O–H groups in total. The fourth-order valence-electron chi connectivity index (χ4n) is 3.22. The Kier molecular flexibility index (Phi) is 10.3. The minimum atomic E-state index is 0.371. The molecule has 0 saturated carbocycles. The number of hydrogen-bond donors (Lipinski definition) is 2. The van der Waals surface area contributed by atoms with E-state index in [-0.39, 0.29) is 0 Å². The summed E-state index contributed by atoms with van der Waals surface area (Å²) in [4.78, 5) is 7.13. The van der Waals surface area contributed by atoms with Crippen LogP contribution in [0, 0.1) is 5.92 Å². The molecule has 0 bridgehead atoms. The van der Waals surface area contributed by atoms with Crippen LogP contribution in [-0.2, 0) is 11.3 Å². The number of hydrogen-bond acceptors (Lipinski definition) is 4. The van der Waals surface area contributed by atoms with Crippen molar-refractivity contribution in [2.45, 2.75) is 59.2 Å². The lowest BCUT2D eigenvalue weighted by Crippen LogP contribution is -2.44. The van der Waals surface area contributed by atoms with E-state index in [1.807, 2.05) is 12.1 Å². The van der Waals surface area contributed by atoms with Crippen LogP contribution >= 0.6 is 0 Å². The average molecular weight is 405 g/mol. The zero-order chi connectivity index (χ0) is 21.1. The van der Waals surface area contributed by atoms with E-state index in [0.29, 0.717) is 31.2 Å². The average Bonchev–Trinajstić information content (AvgIpc) is 2.73. The number of ether oxygens (including phenoxy) is 2. The van der Waals surface area contributed by atoms with Crippen LogP contribution in [0.25, 0.3) is 0 Å². The summed E-state index contributed by atoms with van der Waals surface area (Å²) in [6.07, 6.45) is 2.23. The molecule has 1 aliphatic rings. The van der Waals surface area contributed by atoms with Crippen LogP contribution in [0.15, 0.2) is 29.3 Å². The quantitative estimate of drug-likeness (QED) is 0.463. The van der Waals surface area contributed by atoms with Crippen LogP contribution in [-0.4, -0.2) is 62.9 Å². The number of likely N-dealkylation sites (N-methyl/N-ethyl adjacent to an activating group) is 1. The molecule has 1 aliphatic heterocycles. The van der Waals surface area contributed by atoms with E-state index in [4.69, 9.17) is 14.5 Å². The zero-order valence-electron chi connectivity index (χ0n) is 18.9. The highest BCUT2D eigenvalue weighted by Crippen LogP contribution is 2.16. The Labute approximate surface area is 177 Å². The van der Waals surface area contributed by atoms with Crippen molar-refractivity contribution in [2.24, 2.45) is 10.9 Å². The van der Waals surface area contributed by atoms with Gasteiger partial charge in [0.05, 0.1) is 6.54 Å². The summed E-state index contributed by atoms with van der Waals surface area (Å²) >= 11 is 0. The van der Waals surface area contributed by atoms with Crippen molar-refractivity contribution in [2.75, 3.05) is 40.0 Å². The first-order valence-corrected chi connectivity index (χ1v) is 11.0. The van der Waals surface area contributed by atoms with Crippen molar-refractivity contribution in [1.82, 2.24) is 15.5 Å². The lowest BCUT2D eigenvalue weighted by molar-refractivity contribution is 0.0392. The summed E-state index contributed by atoms with van der Waals surface area (Å²) in [6, 6.07) is 9.23. The van der Waals surface area contributed by atoms with Gasteiger partial charge in [-0.25, -0.2) is 4.99 Å². The third-order valence-electron chi connectivity index (χ3n) is 5.55. The van der Waals surface area contributed by atoms with Gasteiger partial charge in [-0.2, -0.15) is 0 Å². The molecule has 0 radical (unpaired) electrons. The molecule has 0 aliphatic carbocycles. The number of nitrogens with zero attached hydrogens (tertiary/aromatic N) is 2. The Morgan fingerprint density at radius 2 is 2.03 bits per heavy atom. The maximum atomic E-state index is 6.01. The molecular formula is C23H40N4O2. The first-order valence-electron chi connectivity index (χ1n) is 11.0. The molecule has 1 fully saturated rings. The van der Waals surface area contributed by atoms with Gasteiger partial charge in [-0.3, -0.25) is 4.90 Å². The van der Waals surface area contributed by atoms with Crippen molar-refractivity contribution in [3.05, 3.63) is 29.8 Å². The maximum Gasteiger partial charge on any atom is 0.191 e. The zero-order valence-corrected chi connectivity index (χ0v) is 18.9. The molecule has 6 heteroatoms. The Morgan fingerprint density at radius 1 is 1.28 bits per heavy atom. The van der Waals surface area contributed by atoms with Crippen LogP contribution < -0.4 is 15.4 Å². The minimum Gasteiger partial charge on any atom is -0.492 e. The van der Waals surface area contributed by atoms with E-state index in [9.17, 15) is 0 Å². The van der Waals surface area contributed by atoms with Crippen molar-refractivity contribution in [3.8, 4) is 5.75 Å². The second-order valence-electron chi connectivity index (χ2n) is 8.19. The van der Waals surface area contributed by atoms with Gasteiger partial charge >= 0.3 is 0 Å². The van der Waals surface area contributed by atoms with E-state index < -0.39 is 0 Å². The molecule has 0 aromatic heterocycles. The highest BCUT2D eigenvalue weighted by Gasteiger charge is 2.18. The third-order valence-corrected chi connectivity index (χ3v) is 5.55. The third kappa shape index (κ3) is 8.62. The largest absolute Gasteiger partial charge is 0.492 e. The molecule has 1 heterocycles. The van der Waals surface area contributed by atoms with Crippen molar-refractivity contribution >= 4 is 5.96 Å². The number of guanidine groups is 1. The van der Waals surface area contributed by atoms with Gasteiger partial charge in [0.25, 0.3) is 0 Å². The predicted octanol–water partition coefficient (Wildman–Crippen LogP) is 3.28. The molecule has 0 amide bonds. The number of aliphatic imine (C=N–C) groups is 1. The van der Waals surface area contributed by atoms with E-state index in [1.54, 1.807) is 0 Å². The van der Waals surface area contributed by atoms with Gasteiger partial charge in [0.15, 0.2) is 5.96 Å². The SMILES string of the molecule is CCNC(=NCc1cccc(OCCN(C)C2CCOCC2)c1)NC(C)C(C)C. The van der Waals surface area contributed by atoms with Crippen LogP contribution in [0.3, 0.4) is 0 Å². The topological polar surface area (TPSA) is 58.1 Å². The second-order valence-corrected chi connectivity index (χ2v) is 8.19. The van der Waals surface area contributed by atoms with Gasteiger partial charge in [-0.05, 0) is 57.4 Å². The molecule has 1 atom stereocenters. The molecule has 1 unspecified atom stereocenters. The van der Waals surface area contributed by atoms with Gasteiger partial charge in [-0.15, -0.1) is 0 Å². The molecule has 2 rings (SSSR count). The lowest BCUT2D eigenvalue weighted by Gasteiger charge is -2.31. The van der Waals surface area contributed by atoms with E-state index in [2.05, 4.69) is 62.4 Å². The molecule has 1 aromatic rings. The standard InChI is InChI=1S/C23H40N4O2/c1-6-24-23(26-19(4)18(2)3)25-17-20-8-7-9-22(16-20)29-15-12-27(5)21-10-13-28-14-11-21/h7-9,16,18-19,21H,6,10-15,17H2,1-5H3,(H2,24,25,26). The summed E-state index contributed by atoms with van der Waals surface area (Å²) in [7, 11) is 2.18. The molecule has 6 nitrogen and oxygen atoms in total. The Bertz CT molecular complexity index is 615. The molecule has 1 saturated heterocycles. The van der Waals surface area contributed by atoms with E-state index >= 15 is 0 Å². The first-order chi connectivity index (χ1) is 14.0. The smallest absolute Gasteiger partial charge is 0.191 e. The highest BCUT2D eigenvalue weighted by atomic mass is 16.5. The van der Waals surface area contributed by atoms with Crippen LogP contribution in [0.2, 0.25) is 0 Å². The fourth-order valence-corrected chi connectivity index (χ4v) is 3.22. The summed E-state index contributed by atoms with van der Waals surface area (Å²) in [5.74, 6) is 2.32. The fraction of sp³-hybridized carbons (Fsp3) is 0.696. The monoisotopic (exact) mass is 404 g/mol. The normalized spacial score (nSPS) is 16.9. The Morgan fingerprint density at radius 3 is 2.72 bits per heavy atom. The second kappa shape index (κ2) is 12.7. The number of rotatable bonds is 10.